The topological polar surface area (TPSA) is 46.3 Å². The summed E-state index contributed by atoms with van der Waals surface area (Å²) >= 11 is 0. The summed E-state index contributed by atoms with van der Waals surface area (Å²) in [5.74, 6) is 0.0127. The van der Waals surface area contributed by atoms with Crippen LogP contribution in [0.1, 0.15) is 38.2 Å². The molecule has 4 heteroatoms. The van der Waals surface area contributed by atoms with Crippen molar-refractivity contribution in [3.05, 3.63) is 35.6 Å². The van der Waals surface area contributed by atoms with Crippen LogP contribution in [0, 0.1) is 11.7 Å². The Morgan fingerprint density at radius 3 is 2.55 bits per heavy atom. The minimum absolute atomic E-state index is 0.0225. The molecule has 2 aliphatic carbocycles. The van der Waals surface area contributed by atoms with Gasteiger partial charge in [-0.3, -0.25) is 4.79 Å². The van der Waals surface area contributed by atoms with Crippen LogP contribution in [-0.2, 0) is 11.3 Å². The molecule has 0 aromatic heterocycles. The van der Waals surface area contributed by atoms with E-state index in [2.05, 4.69) is 0 Å². The van der Waals surface area contributed by atoms with Crippen molar-refractivity contribution in [3.63, 3.8) is 0 Å². The van der Waals surface area contributed by atoms with Crippen LogP contribution in [0.5, 0.6) is 0 Å². The Hall–Kier alpha value is -1.42. The molecule has 20 heavy (non-hydrogen) atoms. The maximum absolute atomic E-state index is 13.8. The Morgan fingerprint density at radius 1 is 1.35 bits per heavy atom. The molecule has 2 saturated carbocycles. The lowest BCUT2D eigenvalue weighted by Gasteiger charge is -2.32. The Bertz CT molecular complexity index is 521. The van der Waals surface area contributed by atoms with Crippen molar-refractivity contribution in [2.45, 2.75) is 50.7 Å². The SMILES string of the molecule is CC(N)(C(=O)N(Cc1ccccc1F)C1CC1)C1CC1. The van der Waals surface area contributed by atoms with E-state index in [4.69, 9.17) is 5.73 Å². The van der Waals surface area contributed by atoms with Crippen LogP contribution in [-0.4, -0.2) is 22.4 Å². The first-order chi connectivity index (χ1) is 9.50. The van der Waals surface area contributed by atoms with E-state index in [0.717, 1.165) is 25.7 Å². The second-order valence-corrected chi connectivity index (χ2v) is 6.31. The van der Waals surface area contributed by atoms with Crippen molar-refractivity contribution < 1.29 is 9.18 Å². The number of halogens is 1. The van der Waals surface area contributed by atoms with Gasteiger partial charge in [0, 0.05) is 18.2 Å². The van der Waals surface area contributed by atoms with E-state index in [1.54, 1.807) is 23.1 Å². The molecule has 3 rings (SSSR count). The van der Waals surface area contributed by atoms with Gasteiger partial charge in [0.25, 0.3) is 0 Å². The molecular weight excluding hydrogens is 255 g/mol. The van der Waals surface area contributed by atoms with Crippen molar-refractivity contribution in [2.24, 2.45) is 11.7 Å². The first-order valence-corrected chi connectivity index (χ1v) is 7.33. The third-order valence-electron chi connectivity index (χ3n) is 4.43. The molecule has 2 aliphatic rings. The molecule has 1 aromatic rings. The minimum atomic E-state index is -0.798. The summed E-state index contributed by atoms with van der Waals surface area (Å²) in [5, 5.41) is 0. The third kappa shape index (κ3) is 2.57. The molecule has 2 N–H and O–H groups in total. The van der Waals surface area contributed by atoms with Crippen LogP contribution in [0.2, 0.25) is 0 Å². The third-order valence-corrected chi connectivity index (χ3v) is 4.43. The number of nitrogens with two attached hydrogens (primary N) is 1. The Kier molecular flexibility index (Phi) is 3.28. The lowest BCUT2D eigenvalue weighted by molar-refractivity contribution is -0.138. The van der Waals surface area contributed by atoms with E-state index in [1.807, 2.05) is 6.92 Å². The van der Waals surface area contributed by atoms with Gasteiger partial charge in [-0.2, -0.15) is 0 Å². The largest absolute Gasteiger partial charge is 0.334 e. The summed E-state index contributed by atoms with van der Waals surface area (Å²) in [4.78, 5) is 14.5. The van der Waals surface area contributed by atoms with Crippen LogP contribution < -0.4 is 5.73 Å². The van der Waals surface area contributed by atoms with Crippen molar-refractivity contribution >= 4 is 5.91 Å². The number of nitrogens with zero attached hydrogens (tertiary/aromatic N) is 1. The number of benzene rings is 1. The zero-order chi connectivity index (χ0) is 14.3. The maximum atomic E-state index is 13.8. The predicted octanol–water partition coefficient (Wildman–Crippen LogP) is 2.44. The molecule has 1 aromatic carbocycles. The Morgan fingerprint density at radius 2 is 2.00 bits per heavy atom. The van der Waals surface area contributed by atoms with Gasteiger partial charge in [-0.25, -0.2) is 4.39 Å². The molecule has 1 atom stereocenters. The first-order valence-electron chi connectivity index (χ1n) is 7.33. The van der Waals surface area contributed by atoms with Crippen LogP contribution in [0.25, 0.3) is 0 Å². The normalized spacial score (nSPS) is 21.4. The van der Waals surface area contributed by atoms with E-state index >= 15 is 0 Å². The van der Waals surface area contributed by atoms with Crippen molar-refractivity contribution in [2.75, 3.05) is 0 Å². The highest BCUT2D eigenvalue weighted by molar-refractivity contribution is 5.87. The summed E-state index contributed by atoms with van der Waals surface area (Å²) in [6, 6.07) is 6.88. The minimum Gasteiger partial charge on any atom is -0.334 e. The van der Waals surface area contributed by atoms with Crippen molar-refractivity contribution in [1.82, 2.24) is 4.90 Å². The average Bonchev–Trinajstić information content (AvgIpc) is 3.29. The fourth-order valence-corrected chi connectivity index (χ4v) is 2.73. The van der Waals surface area contributed by atoms with Gasteiger partial charge in [0.05, 0.1) is 5.54 Å². The molecule has 0 aliphatic heterocycles. The zero-order valence-corrected chi connectivity index (χ0v) is 11.8. The molecule has 2 fully saturated rings. The average molecular weight is 276 g/mol. The molecule has 3 nitrogen and oxygen atoms in total. The van der Waals surface area contributed by atoms with E-state index in [1.165, 1.54) is 6.07 Å². The summed E-state index contributed by atoms with van der Waals surface area (Å²) < 4.78 is 13.8. The van der Waals surface area contributed by atoms with E-state index in [9.17, 15) is 9.18 Å². The second-order valence-electron chi connectivity index (χ2n) is 6.31. The molecule has 1 amide bonds. The molecular formula is C16H21FN2O. The first kappa shape index (κ1) is 13.6. The molecule has 1 unspecified atom stereocenters. The summed E-state index contributed by atoms with van der Waals surface area (Å²) in [6.07, 6.45) is 4.05. The van der Waals surface area contributed by atoms with Crippen LogP contribution in [0.4, 0.5) is 4.39 Å². The predicted molar refractivity (Wildman–Crippen MR) is 75.3 cm³/mol. The van der Waals surface area contributed by atoms with Gasteiger partial charge >= 0.3 is 0 Å². The number of carbonyl (C=O) groups is 1. The fraction of sp³-hybridized carbons (Fsp3) is 0.562. The van der Waals surface area contributed by atoms with Gasteiger partial charge in [0.1, 0.15) is 5.82 Å². The molecule has 0 saturated heterocycles. The van der Waals surface area contributed by atoms with Gasteiger partial charge in [-0.05, 0) is 44.6 Å². The monoisotopic (exact) mass is 276 g/mol. The van der Waals surface area contributed by atoms with Crippen LogP contribution in [0.15, 0.2) is 24.3 Å². The highest BCUT2D eigenvalue weighted by Crippen LogP contribution is 2.41. The number of hydrogen-bond donors (Lipinski definition) is 1. The van der Waals surface area contributed by atoms with Crippen LogP contribution >= 0.6 is 0 Å². The summed E-state index contributed by atoms with van der Waals surface area (Å²) in [7, 11) is 0. The van der Waals surface area contributed by atoms with E-state index in [-0.39, 0.29) is 23.7 Å². The molecule has 108 valence electrons. The number of amides is 1. The van der Waals surface area contributed by atoms with Crippen molar-refractivity contribution in [3.8, 4) is 0 Å². The van der Waals surface area contributed by atoms with E-state index < -0.39 is 5.54 Å². The lowest BCUT2D eigenvalue weighted by atomic mass is 9.95. The van der Waals surface area contributed by atoms with Gasteiger partial charge < -0.3 is 10.6 Å². The number of rotatable bonds is 5. The van der Waals surface area contributed by atoms with Gasteiger partial charge in [-0.15, -0.1) is 0 Å². The van der Waals surface area contributed by atoms with Gasteiger partial charge in [-0.1, -0.05) is 18.2 Å². The smallest absolute Gasteiger partial charge is 0.243 e. The second kappa shape index (κ2) is 4.85. The van der Waals surface area contributed by atoms with Gasteiger partial charge in [0.2, 0.25) is 5.91 Å². The number of hydrogen-bond acceptors (Lipinski definition) is 2. The quantitative estimate of drug-likeness (QED) is 0.898. The van der Waals surface area contributed by atoms with Crippen LogP contribution in [0.3, 0.4) is 0 Å². The van der Waals surface area contributed by atoms with Crippen molar-refractivity contribution in [1.29, 1.82) is 0 Å². The Balaban J connectivity index is 1.79. The number of carbonyl (C=O) groups excluding carboxylic acids is 1. The summed E-state index contributed by atoms with van der Waals surface area (Å²) in [6.45, 7) is 2.15. The molecule has 0 bridgehead atoms. The molecule has 0 radical (unpaired) electrons. The highest BCUT2D eigenvalue weighted by Gasteiger charge is 2.48. The fourth-order valence-electron chi connectivity index (χ4n) is 2.73. The maximum Gasteiger partial charge on any atom is 0.243 e. The van der Waals surface area contributed by atoms with E-state index in [0.29, 0.717) is 12.1 Å². The highest BCUT2D eigenvalue weighted by atomic mass is 19.1. The van der Waals surface area contributed by atoms with Gasteiger partial charge in [0.15, 0.2) is 0 Å². The lowest BCUT2D eigenvalue weighted by Crippen LogP contribution is -2.55. The summed E-state index contributed by atoms with van der Waals surface area (Å²) in [5.41, 5.74) is 6.01. The standard InChI is InChI=1S/C16H21FN2O/c1-16(18,12-6-7-12)15(20)19(13-8-9-13)10-11-4-2-3-5-14(11)17/h2-5,12-13H,6-10,18H2,1H3. The Labute approximate surface area is 118 Å². The molecule has 0 spiro atoms. The zero-order valence-electron chi connectivity index (χ0n) is 11.8. The molecule has 0 heterocycles.